The van der Waals surface area contributed by atoms with Crippen LogP contribution in [0.1, 0.15) is 12.8 Å². The van der Waals surface area contributed by atoms with Crippen LogP contribution < -0.4 is 16.2 Å². The van der Waals surface area contributed by atoms with E-state index in [1.807, 2.05) is 6.26 Å². The Balaban J connectivity index is 2.23. The van der Waals surface area contributed by atoms with E-state index >= 15 is 0 Å². The number of piperidine rings is 1. The third kappa shape index (κ3) is 2.99. The van der Waals surface area contributed by atoms with Crippen LogP contribution in [0, 0.1) is 0 Å². The van der Waals surface area contributed by atoms with Gasteiger partial charge in [-0.1, -0.05) is 11.8 Å². The smallest absolute Gasteiger partial charge is 0.191 e. The van der Waals surface area contributed by atoms with Crippen molar-refractivity contribution in [3.05, 3.63) is 6.07 Å². The van der Waals surface area contributed by atoms with E-state index < -0.39 is 0 Å². The highest BCUT2D eigenvalue weighted by Crippen LogP contribution is 2.22. The summed E-state index contributed by atoms with van der Waals surface area (Å²) in [4.78, 5) is 10.7. The summed E-state index contributed by atoms with van der Waals surface area (Å²) in [5.74, 6) is 6.79. The number of hydrogen-bond acceptors (Lipinski definition) is 7. The van der Waals surface area contributed by atoms with Crippen LogP contribution in [0.3, 0.4) is 0 Å². The average molecular weight is 255 g/mol. The van der Waals surface area contributed by atoms with E-state index in [1.165, 1.54) is 11.8 Å². The third-order valence-electron chi connectivity index (χ3n) is 2.74. The molecule has 0 radical (unpaired) electrons. The van der Waals surface area contributed by atoms with E-state index in [1.54, 1.807) is 6.07 Å². The lowest BCUT2D eigenvalue weighted by atomic mass is 10.1. The van der Waals surface area contributed by atoms with Crippen LogP contribution >= 0.6 is 11.8 Å². The molecular formula is C10H17N5OS. The molecule has 1 unspecified atom stereocenters. The Morgan fingerprint density at radius 2 is 2.41 bits per heavy atom. The van der Waals surface area contributed by atoms with Crippen molar-refractivity contribution in [2.75, 3.05) is 29.7 Å². The molecule has 1 aromatic heterocycles. The van der Waals surface area contributed by atoms with Gasteiger partial charge in [-0.15, -0.1) is 0 Å². The van der Waals surface area contributed by atoms with Crippen molar-refractivity contribution in [3.63, 3.8) is 0 Å². The highest BCUT2D eigenvalue weighted by atomic mass is 32.2. The Labute approximate surface area is 105 Å². The molecule has 1 atom stereocenters. The number of nitrogens with zero attached hydrogens (tertiary/aromatic N) is 3. The van der Waals surface area contributed by atoms with E-state index in [2.05, 4.69) is 20.3 Å². The van der Waals surface area contributed by atoms with Gasteiger partial charge in [0, 0.05) is 19.2 Å². The van der Waals surface area contributed by atoms with Gasteiger partial charge in [-0.05, 0) is 19.1 Å². The average Bonchev–Trinajstić information content (AvgIpc) is 2.38. The standard InChI is InChI=1S/C10H17N5OS/c1-17-10-12-8(14-11)5-9(13-10)15-4-2-3-7(16)6-15/h5,7,16H,2-4,6,11H2,1H3,(H,12,13,14). The Morgan fingerprint density at radius 1 is 1.59 bits per heavy atom. The van der Waals surface area contributed by atoms with Crippen LogP contribution in [-0.2, 0) is 0 Å². The minimum atomic E-state index is -0.272. The minimum Gasteiger partial charge on any atom is -0.391 e. The molecule has 0 amide bonds. The zero-order valence-corrected chi connectivity index (χ0v) is 10.6. The molecule has 1 fully saturated rings. The van der Waals surface area contributed by atoms with E-state index in [0.29, 0.717) is 17.5 Å². The SMILES string of the molecule is CSc1nc(NN)cc(N2CCCC(O)C2)n1. The normalized spacial score (nSPS) is 20.4. The summed E-state index contributed by atoms with van der Waals surface area (Å²) in [5.41, 5.74) is 2.54. The Morgan fingerprint density at radius 3 is 3.06 bits per heavy atom. The van der Waals surface area contributed by atoms with Crippen LogP contribution in [0.2, 0.25) is 0 Å². The van der Waals surface area contributed by atoms with E-state index in [-0.39, 0.29) is 6.10 Å². The molecule has 2 rings (SSSR count). The number of hydrazine groups is 1. The summed E-state index contributed by atoms with van der Waals surface area (Å²) in [7, 11) is 0. The molecule has 6 nitrogen and oxygen atoms in total. The molecule has 1 aliphatic rings. The zero-order chi connectivity index (χ0) is 12.3. The first-order valence-corrected chi connectivity index (χ1v) is 6.78. The second-order valence-corrected chi connectivity index (χ2v) is 4.76. The molecule has 1 saturated heterocycles. The molecule has 0 aromatic carbocycles. The highest BCUT2D eigenvalue weighted by Gasteiger charge is 2.19. The summed E-state index contributed by atoms with van der Waals surface area (Å²) in [6.45, 7) is 1.53. The van der Waals surface area contributed by atoms with Crippen LogP contribution in [0.4, 0.5) is 11.6 Å². The quantitative estimate of drug-likeness (QED) is 0.313. The molecule has 1 aromatic rings. The molecule has 0 bridgehead atoms. The second kappa shape index (κ2) is 5.52. The van der Waals surface area contributed by atoms with Gasteiger partial charge in [0.05, 0.1) is 6.10 Å². The number of anilines is 2. The van der Waals surface area contributed by atoms with Crippen molar-refractivity contribution in [1.29, 1.82) is 0 Å². The lowest BCUT2D eigenvalue weighted by Crippen LogP contribution is -2.38. The number of β-amino-alcohol motifs (C(OH)–C–C–N with tert-alkyl or cyclic N) is 1. The summed E-state index contributed by atoms with van der Waals surface area (Å²) >= 11 is 1.47. The monoisotopic (exact) mass is 255 g/mol. The maximum absolute atomic E-state index is 9.66. The van der Waals surface area contributed by atoms with E-state index in [4.69, 9.17) is 5.84 Å². The van der Waals surface area contributed by atoms with Crippen molar-refractivity contribution >= 4 is 23.4 Å². The van der Waals surface area contributed by atoms with Gasteiger partial charge in [0.2, 0.25) is 0 Å². The lowest BCUT2D eigenvalue weighted by molar-refractivity contribution is 0.154. The van der Waals surface area contributed by atoms with Gasteiger partial charge >= 0.3 is 0 Å². The molecule has 94 valence electrons. The van der Waals surface area contributed by atoms with Gasteiger partial charge in [0.1, 0.15) is 11.6 Å². The van der Waals surface area contributed by atoms with Crippen LogP contribution in [0.5, 0.6) is 0 Å². The van der Waals surface area contributed by atoms with Crippen molar-refractivity contribution in [3.8, 4) is 0 Å². The van der Waals surface area contributed by atoms with Gasteiger partial charge in [-0.3, -0.25) is 0 Å². The molecule has 0 aliphatic carbocycles. The van der Waals surface area contributed by atoms with Gasteiger partial charge < -0.3 is 15.4 Å². The van der Waals surface area contributed by atoms with Crippen LogP contribution in [0.15, 0.2) is 11.2 Å². The fourth-order valence-corrected chi connectivity index (χ4v) is 2.28. The molecule has 7 heteroatoms. The molecule has 2 heterocycles. The number of hydrogen-bond donors (Lipinski definition) is 3. The number of aliphatic hydroxyl groups excluding tert-OH is 1. The van der Waals surface area contributed by atoms with Crippen molar-refractivity contribution in [2.24, 2.45) is 5.84 Å². The summed E-state index contributed by atoms with van der Waals surface area (Å²) in [6, 6.07) is 1.80. The maximum atomic E-state index is 9.66. The first-order chi connectivity index (χ1) is 8.22. The number of nitrogens with one attached hydrogen (secondary N) is 1. The topological polar surface area (TPSA) is 87.3 Å². The second-order valence-electron chi connectivity index (χ2n) is 3.98. The fraction of sp³-hybridized carbons (Fsp3) is 0.600. The van der Waals surface area contributed by atoms with E-state index in [0.717, 1.165) is 25.2 Å². The minimum absolute atomic E-state index is 0.272. The predicted molar refractivity (Wildman–Crippen MR) is 69.1 cm³/mol. The zero-order valence-electron chi connectivity index (χ0n) is 9.76. The Bertz CT molecular complexity index is 367. The first kappa shape index (κ1) is 12.4. The van der Waals surface area contributed by atoms with Crippen molar-refractivity contribution in [2.45, 2.75) is 24.1 Å². The predicted octanol–water partition coefficient (Wildman–Crippen LogP) is 0.445. The molecular weight excluding hydrogens is 238 g/mol. The van der Waals surface area contributed by atoms with Crippen LogP contribution in [-0.4, -0.2) is 40.5 Å². The Kier molecular flexibility index (Phi) is 4.03. The molecule has 17 heavy (non-hydrogen) atoms. The lowest BCUT2D eigenvalue weighted by Gasteiger charge is -2.31. The summed E-state index contributed by atoms with van der Waals surface area (Å²) in [5, 5.41) is 10.3. The van der Waals surface area contributed by atoms with Gasteiger partial charge in [0.25, 0.3) is 0 Å². The molecule has 0 spiro atoms. The van der Waals surface area contributed by atoms with Gasteiger partial charge in [-0.2, -0.15) is 0 Å². The Hall–Kier alpha value is -1.05. The number of nitrogen functional groups attached to an aromatic ring is 1. The maximum Gasteiger partial charge on any atom is 0.191 e. The molecule has 1 aliphatic heterocycles. The largest absolute Gasteiger partial charge is 0.391 e. The van der Waals surface area contributed by atoms with Gasteiger partial charge in [0.15, 0.2) is 5.16 Å². The number of aromatic nitrogens is 2. The van der Waals surface area contributed by atoms with Crippen LogP contribution in [0.25, 0.3) is 0 Å². The summed E-state index contributed by atoms with van der Waals surface area (Å²) in [6.07, 6.45) is 3.49. The first-order valence-electron chi connectivity index (χ1n) is 5.55. The third-order valence-corrected chi connectivity index (χ3v) is 3.29. The number of rotatable bonds is 3. The van der Waals surface area contributed by atoms with Gasteiger partial charge in [-0.25, -0.2) is 15.8 Å². The summed E-state index contributed by atoms with van der Waals surface area (Å²) < 4.78 is 0. The number of aliphatic hydroxyl groups is 1. The fourth-order valence-electron chi connectivity index (χ4n) is 1.90. The van der Waals surface area contributed by atoms with Crippen molar-refractivity contribution in [1.82, 2.24) is 9.97 Å². The van der Waals surface area contributed by atoms with Crippen molar-refractivity contribution < 1.29 is 5.11 Å². The number of nitrogens with two attached hydrogens (primary N) is 1. The molecule has 0 saturated carbocycles. The molecule has 4 N–H and O–H groups in total. The number of thioether (sulfide) groups is 1. The van der Waals surface area contributed by atoms with E-state index in [9.17, 15) is 5.11 Å². The highest BCUT2D eigenvalue weighted by molar-refractivity contribution is 7.98.